The summed E-state index contributed by atoms with van der Waals surface area (Å²) in [7, 11) is 0. The average Bonchev–Trinajstić information content (AvgIpc) is 2.40. The van der Waals surface area contributed by atoms with E-state index in [9.17, 15) is 0 Å². The maximum atomic E-state index is 5.58. The minimum atomic E-state index is 0.646. The lowest BCUT2D eigenvalue weighted by molar-refractivity contribution is 1.02. The highest BCUT2D eigenvalue weighted by Crippen LogP contribution is 2.26. The van der Waals surface area contributed by atoms with Crippen LogP contribution in [0, 0.1) is 6.92 Å². The molecule has 0 aliphatic rings. The standard InChI is InChI=1S/C17H19N/c1-13(10-11-18)15-7-5-8-16(12-15)17-9-4-3-6-14(17)2/h3-9,12H,1,10-11,18H2,2H3. The van der Waals surface area contributed by atoms with Crippen molar-refractivity contribution in [1.82, 2.24) is 0 Å². The predicted molar refractivity (Wildman–Crippen MR) is 79.3 cm³/mol. The number of hydrogen-bond acceptors (Lipinski definition) is 1. The Balaban J connectivity index is 2.39. The first kappa shape index (κ1) is 12.6. The summed E-state index contributed by atoms with van der Waals surface area (Å²) in [5, 5.41) is 0. The molecule has 0 unspecified atom stereocenters. The van der Waals surface area contributed by atoms with Gasteiger partial charge in [-0.2, -0.15) is 0 Å². The van der Waals surface area contributed by atoms with Crippen molar-refractivity contribution < 1.29 is 0 Å². The summed E-state index contributed by atoms with van der Waals surface area (Å²) < 4.78 is 0. The van der Waals surface area contributed by atoms with Gasteiger partial charge in [0.25, 0.3) is 0 Å². The maximum absolute atomic E-state index is 5.58. The van der Waals surface area contributed by atoms with Gasteiger partial charge in [0.2, 0.25) is 0 Å². The molecule has 0 aliphatic heterocycles. The zero-order valence-electron chi connectivity index (χ0n) is 10.8. The molecule has 0 saturated carbocycles. The van der Waals surface area contributed by atoms with Crippen molar-refractivity contribution in [1.29, 1.82) is 0 Å². The Kier molecular flexibility index (Phi) is 3.96. The summed E-state index contributed by atoms with van der Waals surface area (Å²) in [5.41, 5.74) is 11.7. The quantitative estimate of drug-likeness (QED) is 0.853. The Morgan fingerprint density at radius 3 is 2.61 bits per heavy atom. The fourth-order valence-corrected chi connectivity index (χ4v) is 2.12. The topological polar surface area (TPSA) is 26.0 Å². The summed E-state index contributed by atoms with van der Waals surface area (Å²) in [6.45, 7) is 6.87. The van der Waals surface area contributed by atoms with Crippen LogP contribution in [0.15, 0.2) is 55.1 Å². The third-order valence-corrected chi connectivity index (χ3v) is 3.17. The third kappa shape index (κ3) is 2.69. The maximum Gasteiger partial charge on any atom is -0.00367 e. The molecule has 2 aromatic carbocycles. The van der Waals surface area contributed by atoms with Crippen molar-refractivity contribution in [2.24, 2.45) is 5.73 Å². The van der Waals surface area contributed by atoms with E-state index < -0.39 is 0 Å². The van der Waals surface area contributed by atoms with E-state index in [4.69, 9.17) is 5.73 Å². The average molecular weight is 237 g/mol. The van der Waals surface area contributed by atoms with Crippen LogP contribution in [0.3, 0.4) is 0 Å². The highest BCUT2D eigenvalue weighted by atomic mass is 14.5. The minimum Gasteiger partial charge on any atom is -0.330 e. The van der Waals surface area contributed by atoms with Crippen molar-refractivity contribution in [3.63, 3.8) is 0 Å². The first-order valence-corrected chi connectivity index (χ1v) is 6.26. The molecule has 18 heavy (non-hydrogen) atoms. The van der Waals surface area contributed by atoms with E-state index in [0.29, 0.717) is 6.54 Å². The van der Waals surface area contributed by atoms with Gasteiger partial charge in [-0.15, -0.1) is 0 Å². The van der Waals surface area contributed by atoms with E-state index >= 15 is 0 Å². The molecule has 0 spiro atoms. The molecule has 0 heterocycles. The zero-order chi connectivity index (χ0) is 13.0. The second-order valence-corrected chi connectivity index (χ2v) is 4.54. The largest absolute Gasteiger partial charge is 0.330 e. The van der Waals surface area contributed by atoms with Crippen LogP contribution in [-0.4, -0.2) is 6.54 Å². The van der Waals surface area contributed by atoms with E-state index in [1.807, 2.05) is 0 Å². The van der Waals surface area contributed by atoms with E-state index in [1.54, 1.807) is 0 Å². The molecule has 92 valence electrons. The fourth-order valence-electron chi connectivity index (χ4n) is 2.12. The van der Waals surface area contributed by atoms with Crippen LogP contribution >= 0.6 is 0 Å². The van der Waals surface area contributed by atoms with Crippen molar-refractivity contribution in [3.05, 3.63) is 66.2 Å². The molecule has 2 rings (SSSR count). The molecule has 0 saturated heterocycles. The van der Waals surface area contributed by atoms with Crippen LogP contribution in [0.5, 0.6) is 0 Å². The van der Waals surface area contributed by atoms with Crippen LogP contribution in [0.25, 0.3) is 16.7 Å². The van der Waals surface area contributed by atoms with Gasteiger partial charge in [0.15, 0.2) is 0 Å². The molecule has 1 heteroatoms. The van der Waals surface area contributed by atoms with Crippen molar-refractivity contribution in [3.8, 4) is 11.1 Å². The van der Waals surface area contributed by atoms with E-state index in [2.05, 4.69) is 62.0 Å². The monoisotopic (exact) mass is 237 g/mol. The first-order chi connectivity index (χ1) is 8.72. The lowest BCUT2D eigenvalue weighted by Gasteiger charge is -2.09. The van der Waals surface area contributed by atoms with E-state index in [-0.39, 0.29) is 0 Å². The molecular weight excluding hydrogens is 218 g/mol. The van der Waals surface area contributed by atoms with Crippen LogP contribution in [-0.2, 0) is 0 Å². The number of benzene rings is 2. The number of nitrogens with two attached hydrogens (primary N) is 1. The second-order valence-electron chi connectivity index (χ2n) is 4.54. The van der Waals surface area contributed by atoms with Crippen molar-refractivity contribution >= 4 is 5.57 Å². The molecule has 0 amide bonds. The van der Waals surface area contributed by atoms with Gasteiger partial charge < -0.3 is 5.73 Å². The summed E-state index contributed by atoms with van der Waals surface area (Å²) in [6.07, 6.45) is 0.844. The summed E-state index contributed by atoms with van der Waals surface area (Å²) in [5.74, 6) is 0. The number of aryl methyl sites for hydroxylation is 1. The Morgan fingerprint density at radius 1 is 1.11 bits per heavy atom. The predicted octanol–water partition coefficient (Wildman–Crippen LogP) is 4.02. The Bertz CT molecular complexity index is 555. The fraction of sp³-hybridized carbons (Fsp3) is 0.176. The number of hydrogen-bond donors (Lipinski definition) is 1. The molecule has 2 aromatic rings. The molecule has 0 aromatic heterocycles. The van der Waals surface area contributed by atoms with Crippen LogP contribution < -0.4 is 5.73 Å². The van der Waals surface area contributed by atoms with Crippen LogP contribution in [0.2, 0.25) is 0 Å². The van der Waals surface area contributed by atoms with Gasteiger partial charge in [-0.3, -0.25) is 0 Å². The van der Waals surface area contributed by atoms with Gasteiger partial charge in [-0.1, -0.05) is 49.0 Å². The Morgan fingerprint density at radius 2 is 1.89 bits per heavy atom. The minimum absolute atomic E-state index is 0.646. The molecule has 0 radical (unpaired) electrons. The van der Waals surface area contributed by atoms with E-state index in [0.717, 1.165) is 12.0 Å². The summed E-state index contributed by atoms with van der Waals surface area (Å²) >= 11 is 0. The first-order valence-electron chi connectivity index (χ1n) is 6.26. The van der Waals surface area contributed by atoms with Gasteiger partial charge in [-0.25, -0.2) is 0 Å². The smallest absolute Gasteiger partial charge is 0.00367 e. The highest BCUT2D eigenvalue weighted by Gasteiger charge is 2.03. The molecule has 0 aliphatic carbocycles. The second kappa shape index (κ2) is 5.65. The lowest BCUT2D eigenvalue weighted by atomic mass is 9.96. The molecule has 1 nitrogen and oxygen atoms in total. The van der Waals surface area contributed by atoms with Gasteiger partial charge in [0.05, 0.1) is 0 Å². The Hall–Kier alpha value is -1.86. The Labute approximate surface area is 109 Å². The van der Waals surface area contributed by atoms with Crippen molar-refractivity contribution in [2.75, 3.05) is 6.54 Å². The summed E-state index contributed by atoms with van der Waals surface area (Å²) in [4.78, 5) is 0. The highest BCUT2D eigenvalue weighted by molar-refractivity contribution is 5.73. The van der Waals surface area contributed by atoms with Gasteiger partial charge in [0.1, 0.15) is 0 Å². The van der Waals surface area contributed by atoms with Crippen LogP contribution in [0.1, 0.15) is 17.5 Å². The van der Waals surface area contributed by atoms with E-state index in [1.165, 1.54) is 22.3 Å². The van der Waals surface area contributed by atoms with Gasteiger partial charge >= 0.3 is 0 Å². The normalized spacial score (nSPS) is 10.3. The van der Waals surface area contributed by atoms with Gasteiger partial charge in [-0.05, 0) is 53.8 Å². The lowest BCUT2D eigenvalue weighted by Crippen LogP contribution is -1.99. The molecule has 2 N–H and O–H groups in total. The van der Waals surface area contributed by atoms with Crippen LogP contribution in [0.4, 0.5) is 0 Å². The molecular formula is C17H19N. The third-order valence-electron chi connectivity index (χ3n) is 3.17. The number of rotatable bonds is 4. The zero-order valence-corrected chi connectivity index (χ0v) is 10.8. The van der Waals surface area contributed by atoms with Crippen molar-refractivity contribution in [2.45, 2.75) is 13.3 Å². The summed E-state index contributed by atoms with van der Waals surface area (Å²) in [6, 6.07) is 16.9. The molecule has 0 atom stereocenters. The SMILES string of the molecule is C=C(CCN)c1cccc(-c2ccccc2C)c1. The molecule has 0 bridgehead atoms. The molecule has 0 fully saturated rings. The van der Waals surface area contributed by atoms with Gasteiger partial charge in [0, 0.05) is 0 Å².